The van der Waals surface area contributed by atoms with Crippen molar-refractivity contribution in [3.05, 3.63) is 22.8 Å². The molecule has 1 aromatic rings. The lowest BCUT2D eigenvalue weighted by Crippen LogP contribution is -2.05. The van der Waals surface area contributed by atoms with E-state index in [2.05, 4.69) is 24.1 Å². The van der Waals surface area contributed by atoms with E-state index in [4.69, 9.17) is 16.3 Å². The predicted molar refractivity (Wildman–Crippen MR) is 86.4 cm³/mol. The summed E-state index contributed by atoms with van der Waals surface area (Å²) in [4.78, 5) is 4.49. The van der Waals surface area contributed by atoms with Crippen LogP contribution in [-0.4, -0.2) is 18.1 Å². The van der Waals surface area contributed by atoms with E-state index >= 15 is 0 Å². The van der Waals surface area contributed by atoms with Crippen molar-refractivity contribution in [3.63, 3.8) is 0 Å². The third-order valence-electron chi connectivity index (χ3n) is 3.11. The minimum Gasteiger partial charge on any atom is -0.375 e. The van der Waals surface area contributed by atoms with Crippen LogP contribution in [-0.2, 0) is 11.3 Å². The van der Waals surface area contributed by atoms with E-state index in [0.29, 0.717) is 11.6 Å². The zero-order chi connectivity index (χ0) is 14.6. The van der Waals surface area contributed by atoms with E-state index in [9.17, 15) is 0 Å². The molecule has 0 amide bonds. The smallest absolute Gasteiger partial charge is 0.126 e. The van der Waals surface area contributed by atoms with Crippen LogP contribution in [0.5, 0.6) is 0 Å². The second kappa shape index (κ2) is 10.9. The Bertz CT molecular complexity index is 371. The molecule has 0 atom stereocenters. The van der Waals surface area contributed by atoms with Gasteiger partial charge in [0.1, 0.15) is 5.82 Å². The number of rotatable bonds is 11. The van der Waals surface area contributed by atoms with Gasteiger partial charge in [-0.2, -0.15) is 0 Å². The van der Waals surface area contributed by atoms with Crippen molar-refractivity contribution in [2.45, 2.75) is 59.0 Å². The predicted octanol–water partition coefficient (Wildman–Crippen LogP) is 5.04. The fraction of sp³-hybridized carbons (Fsp3) is 0.688. The quantitative estimate of drug-likeness (QED) is 0.581. The number of halogens is 1. The number of unbranched alkanes of at least 4 members (excludes halogenated alkanes) is 4. The lowest BCUT2D eigenvalue weighted by Gasteiger charge is -2.09. The molecule has 0 spiro atoms. The molecule has 114 valence electrons. The second-order valence-electron chi connectivity index (χ2n) is 5.02. The number of aromatic nitrogens is 1. The van der Waals surface area contributed by atoms with Gasteiger partial charge in [0.15, 0.2) is 0 Å². The number of nitrogens with zero attached hydrogens (tertiary/aromatic N) is 1. The third kappa shape index (κ3) is 7.11. The Hall–Kier alpha value is -0.800. The average molecular weight is 299 g/mol. The fourth-order valence-corrected chi connectivity index (χ4v) is 2.07. The summed E-state index contributed by atoms with van der Waals surface area (Å²) in [6.07, 6.45) is 7.33. The number of hydrogen-bond acceptors (Lipinski definition) is 3. The molecule has 3 nitrogen and oxygen atoms in total. The first-order valence-corrected chi connectivity index (χ1v) is 8.12. The van der Waals surface area contributed by atoms with Crippen LogP contribution < -0.4 is 5.32 Å². The molecule has 1 rings (SSSR count). The van der Waals surface area contributed by atoms with Gasteiger partial charge in [-0.25, -0.2) is 4.98 Å². The molecule has 1 N–H and O–H groups in total. The van der Waals surface area contributed by atoms with Crippen molar-refractivity contribution in [2.75, 3.05) is 18.5 Å². The van der Waals surface area contributed by atoms with Gasteiger partial charge < -0.3 is 10.1 Å². The first-order chi connectivity index (χ1) is 9.77. The van der Waals surface area contributed by atoms with E-state index in [1.54, 1.807) is 0 Å². The maximum Gasteiger partial charge on any atom is 0.126 e. The summed E-state index contributed by atoms with van der Waals surface area (Å²) in [5, 5.41) is 3.94. The number of hydrogen-bond donors (Lipinski definition) is 1. The van der Waals surface area contributed by atoms with E-state index in [-0.39, 0.29) is 0 Å². The van der Waals surface area contributed by atoms with Crippen molar-refractivity contribution >= 4 is 17.4 Å². The summed E-state index contributed by atoms with van der Waals surface area (Å²) in [6, 6.07) is 3.79. The van der Waals surface area contributed by atoms with Crippen LogP contribution in [0.15, 0.2) is 12.1 Å². The molecule has 1 heterocycles. The van der Waals surface area contributed by atoms with Gasteiger partial charge in [0.05, 0.1) is 17.3 Å². The Morgan fingerprint density at radius 3 is 2.65 bits per heavy atom. The largest absolute Gasteiger partial charge is 0.375 e. The molecule has 0 radical (unpaired) electrons. The minimum atomic E-state index is 0.494. The SMILES string of the molecule is CCCCCCCOCc1nc(NCCC)ccc1Cl. The van der Waals surface area contributed by atoms with Gasteiger partial charge in [-0.05, 0) is 25.0 Å². The molecule has 0 aliphatic rings. The minimum absolute atomic E-state index is 0.494. The summed E-state index contributed by atoms with van der Waals surface area (Å²) in [5.41, 5.74) is 0.821. The maximum atomic E-state index is 6.14. The molecular formula is C16H27ClN2O. The highest BCUT2D eigenvalue weighted by Crippen LogP contribution is 2.17. The first kappa shape index (κ1) is 17.3. The second-order valence-corrected chi connectivity index (χ2v) is 5.43. The van der Waals surface area contributed by atoms with Crippen molar-refractivity contribution < 1.29 is 4.74 Å². The molecular weight excluding hydrogens is 272 g/mol. The monoisotopic (exact) mass is 298 g/mol. The fourth-order valence-electron chi connectivity index (χ4n) is 1.91. The highest BCUT2D eigenvalue weighted by Gasteiger charge is 2.04. The van der Waals surface area contributed by atoms with Crippen LogP contribution >= 0.6 is 11.6 Å². The molecule has 0 aliphatic heterocycles. The topological polar surface area (TPSA) is 34.1 Å². The number of ether oxygens (including phenoxy) is 1. The summed E-state index contributed by atoms with van der Waals surface area (Å²) in [6.45, 7) is 6.56. The van der Waals surface area contributed by atoms with Crippen LogP contribution in [0.2, 0.25) is 5.02 Å². The highest BCUT2D eigenvalue weighted by atomic mass is 35.5. The van der Waals surface area contributed by atoms with Crippen LogP contribution in [0.1, 0.15) is 58.1 Å². The Balaban J connectivity index is 2.27. The Morgan fingerprint density at radius 1 is 1.10 bits per heavy atom. The van der Waals surface area contributed by atoms with E-state index in [1.807, 2.05) is 12.1 Å². The molecule has 20 heavy (non-hydrogen) atoms. The number of nitrogens with one attached hydrogen (secondary N) is 1. The van der Waals surface area contributed by atoms with Gasteiger partial charge in [-0.1, -0.05) is 51.1 Å². The molecule has 0 saturated heterocycles. The molecule has 0 bridgehead atoms. The highest BCUT2D eigenvalue weighted by molar-refractivity contribution is 6.31. The van der Waals surface area contributed by atoms with E-state index in [0.717, 1.165) is 37.5 Å². The van der Waals surface area contributed by atoms with Crippen LogP contribution in [0.3, 0.4) is 0 Å². The Labute approximate surface area is 128 Å². The standard InChI is InChI=1S/C16H27ClN2O/c1-3-5-6-7-8-12-20-13-15-14(17)9-10-16(19-15)18-11-4-2/h9-10H,3-8,11-13H2,1-2H3,(H,18,19). The average Bonchev–Trinajstić information content (AvgIpc) is 2.46. The molecule has 4 heteroatoms. The third-order valence-corrected chi connectivity index (χ3v) is 3.45. The molecule has 1 aromatic heterocycles. The summed E-state index contributed by atoms with van der Waals surface area (Å²) in [7, 11) is 0. The summed E-state index contributed by atoms with van der Waals surface area (Å²) < 4.78 is 5.67. The lowest BCUT2D eigenvalue weighted by atomic mass is 10.2. The molecule has 0 fully saturated rings. The van der Waals surface area contributed by atoms with Crippen molar-refractivity contribution in [1.82, 2.24) is 4.98 Å². The van der Waals surface area contributed by atoms with Gasteiger partial charge in [0, 0.05) is 13.2 Å². The van der Waals surface area contributed by atoms with Gasteiger partial charge >= 0.3 is 0 Å². The molecule has 0 unspecified atom stereocenters. The molecule has 0 aliphatic carbocycles. The number of pyridine rings is 1. The maximum absolute atomic E-state index is 6.14. The lowest BCUT2D eigenvalue weighted by molar-refractivity contribution is 0.114. The van der Waals surface area contributed by atoms with E-state index < -0.39 is 0 Å². The van der Waals surface area contributed by atoms with Crippen LogP contribution in [0.4, 0.5) is 5.82 Å². The van der Waals surface area contributed by atoms with Crippen molar-refractivity contribution in [1.29, 1.82) is 0 Å². The van der Waals surface area contributed by atoms with Crippen LogP contribution in [0, 0.1) is 0 Å². The Kier molecular flexibility index (Phi) is 9.42. The van der Waals surface area contributed by atoms with Crippen molar-refractivity contribution in [2.24, 2.45) is 0 Å². The van der Waals surface area contributed by atoms with Crippen LogP contribution in [0.25, 0.3) is 0 Å². The van der Waals surface area contributed by atoms with Gasteiger partial charge in [-0.15, -0.1) is 0 Å². The molecule has 0 aromatic carbocycles. The van der Waals surface area contributed by atoms with Crippen molar-refractivity contribution in [3.8, 4) is 0 Å². The zero-order valence-electron chi connectivity index (χ0n) is 12.8. The normalized spacial score (nSPS) is 10.8. The van der Waals surface area contributed by atoms with E-state index in [1.165, 1.54) is 25.7 Å². The summed E-state index contributed by atoms with van der Waals surface area (Å²) in [5.74, 6) is 0.873. The Morgan fingerprint density at radius 2 is 1.90 bits per heavy atom. The van der Waals surface area contributed by atoms with Gasteiger partial charge in [0.2, 0.25) is 0 Å². The number of anilines is 1. The zero-order valence-corrected chi connectivity index (χ0v) is 13.5. The summed E-state index contributed by atoms with van der Waals surface area (Å²) >= 11 is 6.14. The van der Waals surface area contributed by atoms with Gasteiger partial charge in [0.25, 0.3) is 0 Å². The van der Waals surface area contributed by atoms with Gasteiger partial charge in [-0.3, -0.25) is 0 Å². The first-order valence-electron chi connectivity index (χ1n) is 7.75. The molecule has 0 saturated carbocycles.